The second kappa shape index (κ2) is 15.4. The van der Waals surface area contributed by atoms with Gasteiger partial charge in [0.05, 0.1) is 3.23 Å². The number of rotatable bonds is 6. The van der Waals surface area contributed by atoms with Gasteiger partial charge >= 0.3 is 0 Å². The van der Waals surface area contributed by atoms with Crippen LogP contribution in [0.5, 0.6) is 0 Å². The lowest BCUT2D eigenvalue weighted by molar-refractivity contribution is 0.152. The first-order valence-corrected chi connectivity index (χ1v) is 21.0. The average Bonchev–Trinajstić information content (AvgIpc) is 4.05. The highest BCUT2D eigenvalue weighted by molar-refractivity contribution is 9.25. The third kappa shape index (κ3) is 8.59. The lowest BCUT2D eigenvalue weighted by atomic mass is 9.68. The summed E-state index contributed by atoms with van der Waals surface area (Å²) in [6.07, 6.45) is 25.3. The van der Waals surface area contributed by atoms with Gasteiger partial charge in [-0.2, -0.15) is 0 Å². The molecule has 6 saturated carbocycles. The molecule has 0 radical (unpaired) electrons. The van der Waals surface area contributed by atoms with E-state index in [4.69, 9.17) is 0 Å². The van der Waals surface area contributed by atoms with Gasteiger partial charge in [-0.05, 0) is 217 Å². The lowest BCUT2D eigenvalue weighted by Gasteiger charge is -2.38. The van der Waals surface area contributed by atoms with Crippen LogP contribution in [0.15, 0.2) is 36.4 Å². The van der Waals surface area contributed by atoms with E-state index in [0.717, 1.165) is 84.2 Å². The second-order valence-electron chi connectivity index (χ2n) is 16.8. The van der Waals surface area contributed by atoms with Crippen LogP contribution in [0.25, 0.3) is 0 Å². The highest BCUT2D eigenvalue weighted by Crippen LogP contribution is 2.62. The van der Waals surface area contributed by atoms with Gasteiger partial charge in [-0.25, -0.2) is 17.6 Å². The van der Waals surface area contributed by atoms with Crippen LogP contribution >= 0.6 is 31.9 Å². The Kier molecular flexibility index (Phi) is 11.4. The van der Waals surface area contributed by atoms with Crippen molar-refractivity contribution in [2.24, 2.45) is 47.3 Å². The van der Waals surface area contributed by atoms with Gasteiger partial charge in [0, 0.05) is 0 Å². The molecule has 0 amide bonds. The van der Waals surface area contributed by atoms with Crippen LogP contribution in [0.1, 0.15) is 145 Å². The quantitative estimate of drug-likeness (QED) is 0.202. The molecule has 48 heavy (non-hydrogen) atoms. The fraction of sp³-hybridized carbons (Fsp3) is 0.714. The number of hydrogen-bond donors (Lipinski definition) is 0. The van der Waals surface area contributed by atoms with Crippen LogP contribution in [0.4, 0.5) is 17.6 Å². The molecule has 0 aromatic heterocycles. The average molecular weight is 795 g/mol. The van der Waals surface area contributed by atoms with Gasteiger partial charge in [0.1, 0.15) is 0 Å². The number of halogens is 6. The normalized spacial score (nSPS) is 36.5. The number of alkyl halides is 2. The first kappa shape index (κ1) is 35.5. The molecule has 8 rings (SSSR count). The van der Waals surface area contributed by atoms with Gasteiger partial charge < -0.3 is 0 Å². The van der Waals surface area contributed by atoms with Gasteiger partial charge in [-0.15, -0.1) is 0 Å². The van der Waals surface area contributed by atoms with Crippen molar-refractivity contribution in [3.8, 4) is 0 Å². The third-order valence-electron chi connectivity index (χ3n) is 14.1. The summed E-state index contributed by atoms with van der Waals surface area (Å²) in [5.74, 6) is 5.41. The zero-order valence-corrected chi connectivity index (χ0v) is 31.6. The Balaban J connectivity index is 0.000000152. The van der Waals surface area contributed by atoms with Crippen molar-refractivity contribution < 1.29 is 17.6 Å². The van der Waals surface area contributed by atoms with Crippen molar-refractivity contribution in [2.75, 3.05) is 0 Å². The predicted molar refractivity (Wildman–Crippen MR) is 194 cm³/mol. The summed E-state index contributed by atoms with van der Waals surface area (Å²) >= 11 is 7.57. The smallest absolute Gasteiger partial charge is 0.159 e. The van der Waals surface area contributed by atoms with E-state index >= 15 is 0 Å². The molecule has 6 fully saturated rings. The molecule has 264 valence electrons. The monoisotopic (exact) mass is 792 g/mol. The van der Waals surface area contributed by atoms with Gasteiger partial charge in [-0.1, -0.05) is 44.0 Å². The fourth-order valence-electron chi connectivity index (χ4n) is 10.8. The van der Waals surface area contributed by atoms with E-state index in [1.54, 1.807) is 12.1 Å². The Morgan fingerprint density at radius 3 is 0.938 bits per heavy atom. The summed E-state index contributed by atoms with van der Waals surface area (Å²) < 4.78 is 53.4. The van der Waals surface area contributed by atoms with Gasteiger partial charge in [-0.3, -0.25) is 0 Å². The van der Waals surface area contributed by atoms with Crippen molar-refractivity contribution in [1.82, 2.24) is 0 Å². The van der Waals surface area contributed by atoms with Gasteiger partial charge in [0.25, 0.3) is 0 Å². The molecule has 0 N–H and O–H groups in total. The van der Waals surface area contributed by atoms with Crippen molar-refractivity contribution >= 4 is 31.9 Å². The minimum absolute atomic E-state index is 0.250. The Bertz CT molecular complexity index is 1360. The SMILES string of the molecule is Fc1ccc(C2CCC(C3CCC(C4CC4(Br)Br)CC3)CC2)cc1F.Fc1ccc(C2CCC(C3CCC(C4CC4)CC3)CC2)cc1F. The van der Waals surface area contributed by atoms with E-state index in [9.17, 15) is 17.6 Å². The van der Waals surface area contributed by atoms with Crippen molar-refractivity contribution in [3.63, 3.8) is 0 Å². The van der Waals surface area contributed by atoms with E-state index in [2.05, 4.69) is 31.9 Å². The van der Waals surface area contributed by atoms with Gasteiger partial charge in [0.15, 0.2) is 23.3 Å². The minimum atomic E-state index is -0.735. The maximum atomic E-state index is 13.5. The first-order chi connectivity index (χ1) is 23.1. The molecular formula is C42H54Br2F4. The number of benzene rings is 2. The summed E-state index contributed by atoms with van der Waals surface area (Å²) in [6, 6.07) is 8.95. The Morgan fingerprint density at radius 1 is 0.396 bits per heavy atom. The van der Waals surface area contributed by atoms with E-state index in [1.165, 1.54) is 121 Å². The highest BCUT2D eigenvalue weighted by Gasteiger charge is 2.54. The van der Waals surface area contributed by atoms with Crippen molar-refractivity contribution in [2.45, 2.75) is 137 Å². The van der Waals surface area contributed by atoms with Crippen LogP contribution in [0.2, 0.25) is 0 Å². The minimum Gasteiger partial charge on any atom is -0.204 e. The maximum Gasteiger partial charge on any atom is 0.159 e. The molecule has 0 nitrogen and oxygen atoms in total. The molecule has 2 aromatic rings. The molecular weight excluding hydrogens is 740 g/mol. The van der Waals surface area contributed by atoms with E-state index in [-0.39, 0.29) is 3.23 Å². The molecule has 2 aromatic carbocycles. The zero-order valence-electron chi connectivity index (χ0n) is 28.4. The van der Waals surface area contributed by atoms with Crippen LogP contribution < -0.4 is 0 Å². The molecule has 6 aliphatic rings. The van der Waals surface area contributed by atoms with Crippen LogP contribution in [0, 0.1) is 70.6 Å². The largest absolute Gasteiger partial charge is 0.204 e. The summed E-state index contributed by atoms with van der Waals surface area (Å²) in [5, 5.41) is 0. The van der Waals surface area contributed by atoms with Gasteiger partial charge in [0.2, 0.25) is 0 Å². The molecule has 1 unspecified atom stereocenters. The zero-order chi connectivity index (χ0) is 33.4. The molecule has 6 aliphatic carbocycles. The maximum absolute atomic E-state index is 13.5. The molecule has 0 aliphatic heterocycles. The molecule has 0 spiro atoms. The number of hydrogen-bond acceptors (Lipinski definition) is 0. The first-order valence-electron chi connectivity index (χ1n) is 19.4. The lowest BCUT2D eigenvalue weighted by Crippen LogP contribution is -2.26. The molecule has 0 saturated heterocycles. The summed E-state index contributed by atoms with van der Waals surface area (Å²) in [7, 11) is 0. The van der Waals surface area contributed by atoms with Crippen molar-refractivity contribution in [1.29, 1.82) is 0 Å². The second-order valence-corrected chi connectivity index (χ2v) is 20.7. The Morgan fingerprint density at radius 2 is 0.667 bits per heavy atom. The summed E-state index contributed by atoms with van der Waals surface area (Å²) in [6.45, 7) is 0. The summed E-state index contributed by atoms with van der Waals surface area (Å²) in [4.78, 5) is 0. The van der Waals surface area contributed by atoms with Crippen LogP contribution in [0.3, 0.4) is 0 Å². The van der Waals surface area contributed by atoms with Crippen molar-refractivity contribution in [3.05, 3.63) is 70.8 Å². The standard InChI is InChI=1S/C21H26Br2F2.C21H28F2/c22-21(23)12-18(21)16-7-5-14(6-8-16)13-1-3-15(4-2-13)17-9-10-19(24)20(25)11-17;22-20-12-11-19(13-21(20)23)18-9-7-17(8-10-18)16-5-3-15(4-6-16)14-1-2-14/h9-11,13-16,18H,1-8,12H2;11-18H,1-10H2. The van der Waals surface area contributed by atoms with E-state index < -0.39 is 23.3 Å². The Labute approximate surface area is 303 Å². The molecule has 6 heteroatoms. The highest BCUT2D eigenvalue weighted by atomic mass is 79.9. The van der Waals surface area contributed by atoms with Crippen LogP contribution in [-0.2, 0) is 0 Å². The Hall–Kier alpha value is -0.880. The van der Waals surface area contributed by atoms with E-state index in [0.29, 0.717) is 11.8 Å². The molecule has 1 atom stereocenters. The third-order valence-corrected chi connectivity index (χ3v) is 15.9. The molecule has 0 bridgehead atoms. The van der Waals surface area contributed by atoms with Crippen LogP contribution in [-0.4, -0.2) is 3.23 Å². The topological polar surface area (TPSA) is 0 Å². The molecule has 0 heterocycles. The predicted octanol–water partition coefficient (Wildman–Crippen LogP) is 14.0. The fourth-order valence-corrected chi connectivity index (χ4v) is 12.2. The summed E-state index contributed by atoms with van der Waals surface area (Å²) in [5.41, 5.74) is 1.99. The van der Waals surface area contributed by atoms with E-state index in [1.807, 2.05) is 0 Å².